The number of anilines is 2. The van der Waals surface area contributed by atoms with Crippen LogP contribution in [0.4, 0.5) is 11.6 Å². The van der Waals surface area contributed by atoms with Crippen LogP contribution < -0.4 is 21.0 Å². The van der Waals surface area contributed by atoms with Crippen molar-refractivity contribution in [3.05, 3.63) is 68.9 Å². The van der Waals surface area contributed by atoms with Crippen molar-refractivity contribution >= 4 is 11.6 Å². The summed E-state index contributed by atoms with van der Waals surface area (Å²) in [5.74, 6) is 1.48. The van der Waals surface area contributed by atoms with Crippen molar-refractivity contribution in [2.75, 3.05) is 36.0 Å². The van der Waals surface area contributed by atoms with Crippen molar-refractivity contribution < 1.29 is 0 Å². The van der Waals surface area contributed by atoms with Gasteiger partial charge in [-0.1, -0.05) is 24.3 Å². The van der Waals surface area contributed by atoms with E-state index in [4.69, 9.17) is 0 Å². The third-order valence-corrected chi connectivity index (χ3v) is 5.50. The molecule has 0 aliphatic carbocycles. The molecule has 4 rings (SSSR count). The monoisotopic (exact) mass is 392 g/mol. The van der Waals surface area contributed by atoms with Crippen LogP contribution in [0.3, 0.4) is 0 Å². The van der Waals surface area contributed by atoms with Gasteiger partial charge < -0.3 is 9.80 Å². The molecule has 0 atom stereocenters. The molecule has 2 aromatic heterocycles. The first-order valence-electron chi connectivity index (χ1n) is 9.62. The van der Waals surface area contributed by atoms with Crippen LogP contribution in [0, 0.1) is 6.92 Å². The Balaban J connectivity index is 1.49. The first-order chi connectivity index (χ1) is 14.0. The number of aromatic nitrogens is 4. The molecule has 29 heavy (non-hydrogen) atoms. The number of hydrogen-bond donors (Lipinski definition) is 0. The van der Waals surface area contributed by atoms with Crippen LogP contribution in [0.25, 0.3) is 11.3 Å². The van der Waals surface area contributed by atoms with Crippen LogP contribution in [-0.2, 0) is 14.1 Å². The van der Waals surface area contributed by atoms with Gasteiger partial charge in [0.25, 0.3) is 5.56 Å². The Labute approximate surface area is 168 Å². The van der Waals surface area contributed by atoms with E-state index >= 15 is 0 Å². The lowest BCUT2D eigenvalue weighted by Gasteiger charge is -2.36. The van der Waals surface area contributed by atoms with E-state index in [1.807, 2.05) is 30.3 Å². The average molecular weight is 392 g/mol. The van der Waals surface area contributed by atoms with Gasteiger partial charge in [0.1, 0.15) is 5.82 Å². The molecule has 0 bridgehead atoms. The number of benzene rings is 1. The zero-order valence-corrected chi connectivity index (χ0v) is 16.9. The maximum Gasteiger partial charge on any atom is 0.332 e. The summed E-state index contributed by atoms with van der Waals surface area (Å²) in [7, 11) is 3.19. The third kappa shape index (κ3) is 3.53. The Morgan fingerprint density at radius 3 is 2.17 bits per heavy atom. The predicted molar refractivity (Wildman–Crippen MR) is 114 cm³/mol. The molecule has 0 spiro atoms. The average Bonchev–Trinajstić information content (AvgIpc) is 2.75. The highest BCUT2D eigenvalue weighted by molar-refractivity contribution is 5.63. The predicted octanol–water partition coefficient (Wildman–Crippen LogP) is 1.18. The van der Waals surface area contributed by atoms with E-state index in [0.29, 0.717) is 18.9 Å². The minimum atomic E-state index is -0.312. The maximum absolute atomic E-state index is 12.2. The van der Waals surface area contributed by atoms with Crippen LogP contribution in [0.5, 0.6) is 0 Å². The maximum atomic E-state index is 12.2. The van der Waals surface area contributed by atoms with Gasteiger partial charge in [-0.2, -0.15) is 0 Å². The second kappa shape index (κ2) is 7.54. The van der Waals surface area contributed by atoms with Crippen LogP contribution in [0.2, 0.25) is 0 Å². The summed E-state index contributed by atoms with van der Waals surface area (Å²) in [5, 5.41) is 8.84. The highest BCUT2D eigenvalue weighted by Crippen LogP contribution is 2.22. The number of aryl methyl sites for hydroxylation is 1. The molecule has 0 saturated carbocycles. The van der Waals surface area contributed by atoms with E-state index in [1.54, 1.807) is 7.05 Å². The summed E-state index contributed by atoms with van der Waals surface area (Å²) >= 11 is 0. The molecule has 150 valence electrons. The van der Waals surface area contributed by atoms with Crippen molar-refractivity contribution in [3.8, 4) is 11.3 Å². The molecule has 1 saturated heterocycles. The van der Waals surface area contributed by atoms with Gasteiger partial charge in [-0.3, -0.25) is 13.9 Å². The molecule has 8 nitrogen and oxygen atoms in total. The van der Waals surface area contributed by atoms with Crippen molar-refractivity contribution in [3.63, 3.8) is 0 Å². The molecule has 0 N–H and O–H groups in total. The number of rotatable bonds is 3. The normalized spacial score (nSPS) is 14.3. The lowest BCUT2D eigenvalue weighted by atomic mass is 10.1. The van der Waals surface area contributed by atoms with Crippen LogP contribution in [0.1, 0.15) is 5.56 Å². The summed E-state index contributed by atoms with van der Waals surface area (Å²) in [6.45, 7) is 4.93. The highest BCUT2D eigenvalue weighted by atomic mass is 16.2. The van der Waals surface area contributed by atoms with Gasteiger partial charge in [-0.05, 0) is 24.6 Å². The summed E-state index contributed by atoms with van der Waals surface area (Å²) in [5.41, 5.74) is 2.52. The Bertz CT molecular complexity index is 1140. The molecule has 0 amide bonds. The summed E-state index contributed by atoms with van der Waals surface area (Å²) < 4.78 is 2.64. The van der Waals surface area contributed by atoms with E-state index in [9.17, 15) is 9.59 Å². The van der Waals surface area contributed by atoms with Crippen molar-refractivity contribution in [2.45, 2.75) is 6.92 Å². The number of nitrogens with zero attached hydrogens (tertiary/aromatic N) is 6. The SMILES string of the molecule is Cc1ccccc1-c1ccc(N2CCN(c3cc(=O)n(C)c(=O)n3C)CC2)nn1. The summed E-state index contributed by atoms with van der Waals surface area (Å²) in [4.78, 5) is 28.4. The quantitative estimate of drug-likeness (QED) is 0.666. The fraction of sp³-hybridized carbons (Fsp3) is 0.333. The van der Waals surface area contributed by atoms with Crippen molar-refractivity contribution in [1.82, 2.24) is 19.3 Å². The lowest BCUT2D eigenvalue weighted by molar-refractivity contribution is 0.605. The van der Waals surface area contributed by atoms with Crippen LogP contribution >= 0.6 is 0 Å². The zero-order valence-electron chi connectivity index (χ0n) is 16.9. The largest absolute Gasteiger partial charge is 0.354 e. The molecular weight excluding hydrogens is 368 g/mol. The van der Waals surface area contributed by atoms with E-state index in [2.05, 4.69) is 33.0 Å². The Morgan fingerprint density at radius 1 is 0.828 bits per heavy atom. The van der Waals surface area contributed by atoms with Crippen LogP contribution in [0.15, 0.2) is 52.1 Å². The van der Waals surface area contributed by atoms with Gasteiger partial charge in [0.15, 0.2) is 5.82 Å². The third-order valence-electron chi connectivity index (χ3n) is 5.50. The summed E-state index contributed by atoms with van der Waals surface area (Å²) in [6, 6.07) is 13.6. The van der Waals surface area contributed by atoms with Crippen molar-refractivity contribution in [1.29, 1.82) is 0 Å². The van der Waals surface area contributed by atoms with E-state index in [0.717, 1.165) is 34.7 Å². The molecule has 1 fully saturated rings. The van der Waals surface area contributed by atoms with Gasteiger partial charge in [-0.25, -0.2) is 4.79 Å². The Morgan fingerprint density at radius 2 is 1.52 bits per heavy atom. The fourth-order valence-corrected chi connectivity index (χ4v) is 3.69. The first-order valence-corrected chi connectivity index (χ1v) is 9.62. The van der Waals surface area contributed by atoms with Gasteiger partial charge >= 0.3 is 5.69 Å². The lowest BCUT2D eigenvalue weighted by Crippen LogP contribution is -2.49. The molecule has 3 aromatic rings. The highest BCUT2D eigenvalue weighted by Gasteiger charge is 2.21. The minimum Gasteiger partial charge on any atom is -0.354 e. The van der Waals surface area contributed by atoms with Crippen LogP contribution in [-0.4, -0.2) is 45.5 Å². The van der Waals surface area contributed by atoms with Gasteiger partial charge in [-0.15, -0.1) is 10.2 Å². The van der Waals surface area contributed by atoms with Gasteiger partial charge in [0.2, 0.25) is 0 Å². The first kappa shape index (κ1) is 18.9. The van der Waals surface area contributed by atoms with Gasteiger partial charge in [0.05, 0.1) is 5.69 Å². The second-order valence-electron chi connectivity index (χ2n) is 7.31. The van der Waals surface area contributed by atoms with Gasteiger partial charge in [0, 0.05) is 51.9 Å². The minimum absolute atomic E-state index is 0.289. The Hall–Kier alpha value is -3.42. The second-order valence-corrected chi connectivity index (χ2v) is 7.31. The molecule has 8 heteroatoms. The zero-order chi connectivity index (χ0) is 20.5. The van der Waals surface area contributed by atoms with E-state index in [-0.39, 0.29) is 11.2 Å². The molecule has 0 unspecified atom stereocenters. The fourth-order valence-electron chi connectivity index (χ4n) is 3.69. The molecule has 0 radical (unpaired) electrons. The molecule has 3 heterocycles. The number of hydrogen-bond acceptors (Lipinski definition) is 6. The van der Waals surface area contributed by atoms with E-state index in [1.165, 1.54) is 23.2 Å². The standard InChI is InChI=1S/C21H24N6O2/c1-15-6-4-5-7-16(15)17-8-9-18(23-22-17)26-10-12-27(13-11-26)19-14-20(28)25(3)21(29)24(19)2/h4-9,14H,10-13H2,1-3H3. The molecule has 1 aliphatic heterocycles. The number of piperazine rings is 1. The topological polar surface area (TPSA) is 76.3 Å². The summed E-state index contributed by atoms with van der Waals surface area (Å²) in [6.07, 6.45) is 0. The molecular formula is C21H24N6O2. The molecule has 1 aliphatic rings. The molecule has 1 aromatic carbocycles. The Kier molecular flexibility index (Phi) is 4.92. The van der Waals surface area contributed by atoms with Crippen molar-refractivity contribution in [2.24, 2.45) is 14.1 Å². The van der Waals surface area contributed by atoms with E-state index < -0.39 is 0 Å². The smallest absolute Gasteiger partial charge is 0.332 e.